The molecule has 106 valence electrons. The van der Waals surface area contributed by atoms with Gasteiger partial charge in [0.05, 0.1) is 4.83 Å². The summed E-state index contributed by atoms with van der Waals surface area (Å²) in [4.78, 5) is 0.0946. The molecule has 2 heteroatoms. The quantitative estimate of drug-likeness (QED) is 0.598. The summed E-state index contributed by atoms with van der Waals surface area (Å²) in [6.45, 7) is 8.56. The van der Waals surface area contributed by atoms with Gasteiger partial charge in [-0.1, -0.05) is 67.0 Å². The van der Waals surface area contributed by atoms with Crippen LogP contribution < -0.4 is 0 Å². The van der Waals surface area contributed by atoms with E-state index >= 15 is 0 Å². The molecule has 0 aliphatic rings. The lowest BCUT2D eigenvalue weighted by atomic mass is 9.86. The molecule has 0 nitrogen and oxygen atoms in total. The smallest absolute Gasteiger partial charge is 0.123 e. The average molecular weight is 335 g/mol. The molecule has 0 spiro atoms. The van der Waals surface area contributed by atoms with Crippen LogP contribution >= 0.6 is 15.9 Å². The zero-order valence-electron chi connectivity index (χ0n) is 12.4. The summed E-state index contributed by atoms with van der Waals surface area (Å²) in [5, 5.41) is 0. The fourth-order valence-electron chi connectivity index (χ4n) is 2.26. The van der Waals surface area contributed by atoms with Crippen LogP contribution in [0.15, 0.2) is 42.5 Å². The van der Waals surface area contributed by atoms with E-state index in [0.29, 0.717) is 0 Å². The van der Waals surface area contributed by atoms with Crippen LogP contribution in [0.4, 0.5) is 4.39 Å². The van der Waals surface area contributed by atoms with Crippen LogP contribution in [-0.4, -0.2) is 0 Å². The molecule has 2 aromatic carbocycles. The third-order valence-electron chi connectivity index (χ3n) is 3.57. The van der Waals surface area contributed by atoms with E-state index < -0.39 is 0 Å². The van der Waals surface area contributed by atoms with Crippen LogP contribution in [0.5, 0.6) is 0 Å². The minimum Gasteiger partial charge on any atom is -0.207 e. The first kappa shape index (κ1) is 15.2. The van der Waals surface area contributed by atoms with Crippen molar-refractivity contribution in [2.75, 3.05) is 0 Å². The molecule has 0 heterocycles. The SMILES string of the molecule is Cc1cc(F)ccc1C(Br)c1ccc(C(C)(C)C)cc1. The Labute approximate surface area is 129 Å². The van der Waals surface area contributed by atoms with Gasteiger partial charge in [0.15, 0.2) is 0 Å². The van der Waals surface area contributed by atoms with Gasteiger partial charge in [-0.3, -0.25) is 0 Å². The van der Waals surface area contributed by atoms with Crippen molar-refractivity contribution >= 4 is 15.9 Å². The summed E-state index contributed by atoms with van der Waals surface area (Å²) in [5.74, 6) is -0.186. The molecule has 0 saturated heterocycles. The molecule has 20 heavy (non-hydrogen) atoms. The van der Waals surface area contributed by atoms with Crippen molar-refractivity contribution in [1.82, 2.24) is 0 Å². The van der Waals surface area contributed by atoms with Crippen LogP contribution in [0, 0.1) is 12.7 Å². The van der Waals surface area contributed by atoms with Gasteiger partial charge in [-0.05, 0) is 46.7 Å². The summed E-state index contributed by atoms with van der Waals surface area (Å²) in [7, 11) is 0. The second-order valence-corrected chi connectivity index (χ2v) is 7.15. The first-order valence-corrected chi connectivity index (χ1v) is 7.71. The number of aryl methyl sites for hydroxylation is 1. The number of alkyl halides is 1. The van der Waals surface area contributed by atoms with Crippen LogP contribution in [0.3, 0.4) is 0 Å². The second kappa shape index (κ2) is 5.69. The van der Waals surface area contributed by atoms with E-state index in [1.807, 2.05) is 13.0 Å². The Morgan fingerprint density at radius 2 is 1.60 bits per heavy atom. The summed E-state index contributed by atoms with van der Waals surface area (Å²) in [6, 6.07) is 13.6. The van der Waals surface area contributed by atoms with E-state index in [1.165, 1.54) is 17.2 Å². The Bertz CT molecular complexity index is 594. The fraction of sp³-hybridized carbons (Fsp3) is 0.333. The van der Waals surface area contributed by atoms with E-state index in [9.17, 15) is 4.39 Å². The fourth-order valence-corrected chi connectivity index (χ4v) is 3.07. The van der Waals surface area contributed by atoms with E-state index in [-0.39, 0.29) is 16.1 Å². The Morgan fingerprint density at radius 3 is 2.10 bits per heavy atom. The Hall–Kier alpha value is -1.15. The highest BCUT2D eigenvalue weighted by Gasteiger charge is 2.16. The van der Waals surface area contributed by atoms with Crippen molar-refractivity contribution in [2.24, 2.45) is 0 Å². The summed E-state index contributed by atoms with van der Waals surface area (Å²) < 4.78 is 13.2. The van der Waals surface area contributed by atoms with Gasteiger partial charge in [-0.25, -0.2) is 4.39 Å². The predicted molar refractivity (Wildman–Crippen MR) is 87.0 cm³/mol. The normalized spacial score (nSPS) is 13.3. The first-order valence-electron chi connectivity index (χ1n) is 6.79. The maximum Gasteiger partial charge on any atom is 0.123 e. The zero-order chi connectivity index (χ0) is 14.9. The third kappa shape index (κ3) is 3.29. The largest absolute Gasteiger partial charge is 0.207 e. The Morgan fingerprint density at radius 1 is 1.00 bits per heavy atom. The molecule has 0 N–H and O–H groups in total. The highest BCUT2D eigenvalue weighted by Crippen LogP contribution is 2.34. The monoisotopic (exact) mass is 334 g/mol. The average Bonchev–Trinajstić information content (AvgIpc) is 2.37. The lowest BCUT2D eigenvalue weighted by Crippen LogP contribution is -2.10. The minimum atomic E-state index is -0.186. The van der Waals surface area contributed by atoms with E-state index in [2.05, 4.69) is 61.0 Å². The van der Waals surface area contributed by atoms with E-state index in [0.717, 1.165) is 11.1 Å². The lowest BCUT2D eigenvalue weighted by Gasteiger charge is -2.20. The molecule has 1 atom stereocenters. The number of hydrogen-bond donors (Lipinski definition) is 0. The summed E-state index contributed by atoms with van der Waals surface area (Å²) >= 11 is 3.72. The topological polar surface area (TPSA) is 0 Å². The maximum atomic E-state index is 13.2. The van der Waals surface area contributed by atoms with Gasteiger partial charge < -0.3 is 0 Å². The molecule has 0 amide bonds. The minimum absolute atomic E-state index is 0.0946. The molecule has 2 rings (SSSR count). The Balaban J connectivity index is 2.31. The van der Waals surface area contributed by atoms with Crippen LogP contribution in [0.2, 0.25) is 0 Å². The van der Waals surface area contributed by atoms with Crippen LogP contribution in [0.1, 0.15) is 47.9 Å². The van der Waals surface area contributed by atoms with Crippen LogP contribution in [0.25, 0.3) is 0 Å². The van der Waals surface area contributed by atoms with Gasteiger partial charge in [0.25, 0.3) is 0 Å². The summed E-state index contributed by atoms with van der Waals surface area (Å²) in [6.07, 6.45) is 0. The number of hydrogen-bond acceptors (Lipinski definition) is 0. The van der Waals surface area contributed by atoms with Crippen molar-refractivity contribution in [3.8, 4) is 0 Å². The lowest BCUT2D eigenvalue weighted by molar-refractivity contribution is 0.590. The number of halogens is 2. The van der Waals surface area contributed by atoms with Crippen molar-refractivity contribution in [1.29, 1.82) is 0 Å². The Kier molecular flexibility index (Phi) is 4.33. The molecule has 0 aliphatic heterocycles. The molecule has 0 bridgehead atoms. The van der Waals surface area contributed by atoms with Gasteiger partial charge in [0, 0.05) is 0 Å². The van der Waals surface area contributed by atoms with Gasteiger partial charge in [-0.2, -0.15) is 0 Å². The molecular weight excluding hydrogens is 315 g/mol. The molecule has 0 radical (unpaired) electrons. The summed E-state index contributed by atoms with van der Waals surface area (Å²) in [5.41, 5.74) is 4.73. The second-order valence-electron chi connectivity index (χ2n) is 6.24. The molecule has 1 unspecified atom stereocenters. The highest BCUT2D eigenvalue weighted by molar-refractivity contribution is 9.09. The number of rotatable bonds is 2. The maximum absolute atomic E-state index is 13.2. The standard InChI is InChI=1S/C18H20BrF/c1-12-11-15(20)9-10-16(12)17(19)13-5-7-14(8-6-13)18(2,3)4/h5-11,17H,1-4H3. The molecule has 0 aromatic heterocycles. The molecule has 0 aliphatic carbocycles. The van der Waals surface area contributed by atoms with Crippen molar-refractivity contribution in [3.05, 3.63) is 70.5 Å². The van der Waals surface area contributed by atoms with Gasteiger partial charge in [0.1, 0.15) is 5.82 Å². The molecule has 2 aromatic rings. The zero-order valence-corrected chi connectivity index (χ0v) is 14.0. The van der Waals surface area contributed by atoms with Crippen molar-refractivity contribution in [2.45, 2.75) is 37.9 Å². The van der Waals surface area contributed by atoms with Crippen molar-refractivity contribution in [3.63, 3.8) is 0 Å². The van der Waals surface area contributed by atoms with Crippen molar-refractivity contribution < 1.29 is 4.39 Å². The van der Waals surface area contributed by atoms with E-state index in [1.54, 1.807) is 6.07 Å². The van der Waals surface area contributed by atoms with Crippen LogP contribution in [-0.2, 0) is 5.41 Å². The van der Waals surface area contributed by atoms with Gasteiger partial charge in [-0.15, -0.1) is 0 Å². The molecule has 0 saturated carbocycles. The van der Waals surface area contributed by atoms with Gasteiger partial charge >= 0.3 is 0 Å². The van der Waals surface area contributed by atoms with E-state index in [4.69, 9.17) is 0 Å². The molecular formula is C18H20BrF. The third-order valence-corrected chi connectivity index (χ3v) is 4.60. The first-order chi connectivity index (χ1) is 9.29. The predicted octanol–water partition coefficient (Wildman–Crippen LogP) is 5.92. The van der Waals surface area contributed by atoms with Gasteiger partial charge in [0.2, 0.25) is 0 Å². The number of benzene rings is 2. The molecule has 0 fully saturated rings. The highest BCUT2D eigenvalue weighted by atomic mass is 79.9.